The van der Waals surface area contributed by atoms with Crippen molar-refractivity contribution in [3.05, 3.63) is 30.1 Å². The van der Waals surface area contributed by atoms with Gasteiger partial charge < -0.3 is 4.74 Å². The lowest BCUT2D eigenvalue weighted by atomic mass is 10.1. The molecule has 1 amide bonds. The molecule has 1 heterocycles. The standard InChI is InChI=1S/C16H24FN3O5S/c1-11(2)15(16(21)18-22)19-26(23,24)20-10-4-3-5-14(20)25-13-8-6-12(17)7-9-13/h6-9,11,14-15,19,22H,3-5,10H2,1-2H3,(H,18,21)/t14?,15-/m1/s1. The SMILES string of the molecule is CC(C)[C@@H](NS(=O)(=O)N1CCCCC1Oc1ccc(F)cc1)C(=O)NO. The number of rotatable bonds is 7. The molecular weight excluding hydrogens is 365 g/mol. The molecule has 1 aliphatic heterocycles. The molecule has 0 bridgehead atoms. The second kappa shape index (κ2) is 8.76. The summed E-state index contributed by atoms with van der Waals surface area (Å²) in [5.41, 5.74) is 1.48. The molecule has 0 aromatic heterocycles. The van der Waals surface area contributed by atoms with Crippen molar-refractivity contribution in [3.8, 4) is 5.75 Å². The number of carbonyl (C=O) groups is 1. The van der Waals surface area contributed by atoms with Crippen LogP contribution in [0.2, 0.25) is 0 Å². The maximum atomic E-state index is 13.0. The van der Waals surface area contributed by atoms with Gasteiger partial charge >= 0.3 is 0 Å². The second-order valence-electron chi connectivity index (χ2n) is 6.45. The van der Waals surface area contributed by atoms with E-state index in [1.165, 1.54) is 29.7 Å². The van der Waals surface area contributed by atoms with E-state index in [1.807, 2.05) is 0 Å². The number of nitrogens with one attached hydrogen (secondary N) is 2. The first-order valence-electron chi connectivity index (χ1n) is 8.40. The van der Waals surface area contributed by atoms with E-state index < -0.39 is 34.2 Å². The van der Waals surface area contributed by atoms with Crippen LogP contribution < -0.4 is 14.9 Å². The monoisotopic (exact) mass is 389 g/mol. The molecule has 1 aromatic carbocycles. The van der Waals surface area contributed by atoms with Gasteiger partial charge in [-0.15, -0.1) is 0 Å². The van der Waals surface area contributed by atoms with Crippen LogP contribution >= 0.6 is 0 Å². The Morgan fingerprint density at radius 3 is 2.54 bits per heavy atom. The number of piperidine rings is 1. The average Bonchev–Trinajstić information content (AvgIpc) is 2.61. The molecule has 2 atom stereocenters. The molecular formula is C16H24FN3O5S. The highest BCUT2D eigenvalue weighted by molar-refractivity contribution is 7.87. The number of ether oxygens (including phenoxy) is 1. The summed E-state index contributed by atoms with van der Waals surface area (Å²) >= 11 is 0. The summed E-state index contributed by atoms with van der Waals surface area (Å²) in [5, 5.41) is 8.83. The number of hydrogen-bond acceptors (Lipinski definition) is 5. The zero-order chi connectivity index (χ0) is 19.3. The van der Waals surface area contributed by atoms with Crippen molar-refractivity contribution < 1.29 is 27.5 Å². The molecule has 1 fully saturated rings. The van der Waals surface area contributed by atoms with Gasteiger partial charge in [0, 0.05) is 6.54 Å². The number of benzene rings is 1. The largest absolute Gasteiger partial charge is 0.474 e. The van der Waals surface area contributed by atoms with Gasteiger partial charge in [0.15, 0.2) is 6.23 Å². The Morgan fingerprint density at radius 2 is 1.96 bits per heavy atom. The molecule has 0 saturated carbocycles. The summed E-state index contributed by atoms with van der Waals surface area (Å²) in [5.74, 6) is -1.27. The Morgan fingerprint density at radius 1 is 1.31 bits per heavy atom. The van der Waals surface area contributed by atoms with Crippen molar-refractivity contribution in [1.29, 1.82) is 0 Å². The fourth-order valence-electron chi connectivity index (χ4n) is 2.73. The summed E-state index contributed by atoms with van der Waals surface area (Å²) in [4.78, 5) is 11.7. The normalized spacial score (nSPS) is 20.0. The molecule has 3 N–H and O–H groups in total. The minimum absolute atomic E-state index is 0.229. The van der Waals surface area contributed by atoms with Crippen molar-refractivity contribution in [1.82, 2.24) is 14.5 Å². The van der Waals surface area contributed by atoms with Gasteiger partial charge in [0.2, 0.25) is 0 Å². The molecule has 10 heteroatoms. The maximum absolute atomic E-state index is 13.0. The topological polar surface area (TPSA) is 108 Å². The predicted octanol–water partition coefficient (Wildman–Crippen LogP) is 1.38. The minimum Gasteiger partial charge on any atom is -0.474 e. The van der Waals surface area contributed by atoms with Crippen LogP contribution in [0.1, 0.15) is 33.1 Å². The van der Waals surface area contributed by atoms with Crippen LogP contribution in [0.4, 0.5) is 4.39 Å². The van der Waals surface area contributed by atoms with Gasteiger partial charge in [-0.1, -0.05) is 13.8 Å². The van der Waals surface area contributed by atoms with E-state index in [-0.39, 0.29) is 12.5 Å². The van der Waals surface area contributed by atoms with E-state index in [1.54, 1.807) is 13.8 Å². The highest BCUT2D eigenvalue weighted by atomic mass is 32.2. The lowest BCUT2D eigenvalue weighted by Crippen LogP contribution is -2.57. The molecule has 8 nitrogen and oxygen atoms in total. The molecule has 0 radical (unpaired) electrons. The van der Waals surface area contributed by atoms with Crippen LogP contribution in [-0.2, 0) is 15.0 Å². The summed E-state index contributed by atoms with van der Waals surface area (Å²) in [6.07, 6.45) is 1.14. The van der Waals surface area contributed by atoms with Gasteiger partial charge in [0.25, 0.3) is 16.1 Å². The zero-order valence-electron chi connectivity index (χ0n) is 14.7. The molecule has 1 unspecified atom stereocenters. The molecule has 146 valence electrons. The van der Waals surface area contributed by atoms with E-state index >= 15 is 0 Å². The maximum Gasteiger partial charge on any atom is 0.283 e. The first kappa shape index (κ1) is 20.6. The molecule has 26 heavy (non-hydrogen) atoms. The number of nitrogens with zero attached hydrogens (tertiary/aromatic N) is 1. The van der Waals surface area contributed by atoms with E-state index in [0.29, 0.717) is 18.6 Å². The Balaban J connectivity index is 2.18. The smallest absolute Gasteiger partial charge is 0.283 e. The summed E-state index contributed by atoms with van der Waals surface area (Å²) < 4.78 is 47.8. The molecule has 0 aliphatic carbocycles. The van der Waals surface area contributed by atoms with Crippen LogP contribution in [0, 0.1) is 11.7 Å². The Bertz CT molecular complexity index is 711. The second-order valence-corrected chi connectivity index (χ2v) is 8.11. The molecule has 1 aliphatic rings. The number of hydroxylamine groups is 1. The van der Waals surface area contributed by atoms with Crippen molar-refractivity contribution in [2.45, 2.75) is 45.4 Å². The van der Waals surface area contributed by atoms with E-state index in [0.717, 1.165) is 10.7 Å². The van der Waals surface area contributed by atoms with Gasteiger partial charge in [-0.05, 0) is 49.4 Å². The third-order valence-electron chi connectivity index (χ3n) is 4.13. The van der Waals surface area contributed by atoms with Gasteiger partial charge in [-0.25, -0.2) is 9.87 Å². The van der Waals surface area contributed by atoms with E-state index in [9.17, 15) is 17.6 Å². The number of halogens is 1. The first-order chi connectivity index (χ1) is 12.2. The van der Waals surface area contributed by atoms with Gasteiger partial charge in [0.1, 0.15) is 17.6 Å². The third kappa shape index (κ3) is 5.13. The molecule has 1 saturated heterocycles. The quantitative estimate of drug-likeness (QED) is 0.482. The third-order valence-corrected chi connectivity index (χ3v) is 5.72. The predicted molar refractivity (Wildman–Crippen MR) is 92.0 cm³/mol. The van der Waals surface area contributed by atoms with E-state index in [4.69, 9.17) is 9.94 Å². The summed E-state index contributed by atoms with van der Waals surface area (Å²) in [6, 6.07) is 4.19. The lowest BCUT2D eigenvalue weighted by molar-refractivity contribution is -0.132. The highest BCUT2D eigenvalue weighted by Gasteiger charge is 2.37. The Labute approximate surface area is 152 Å². The van der Waals surface area contributed by atoms with Crippen molar-refractivity contribution in [3.63, 3.8) is 0 Å². The molecule has 1 aromatic rings. The number of amides is 1. The Kier molecular flexibility index (Phi) is 6.93. The van der Waals surface area contributed by atoms with Gasteiger partial charge in [0.05, 0.1) is 0 Å². The fraction of sp³-hybridized carbons (Fsp3) is 0.562. The zero-order valence-corrected chi connectivity index (χ0v) is 15.5. The van der Waals surface area contributed by atoms with Gasteiger partial charge in [-0.2, -0.15) is 17.4 Å². The highest BCUT2D eigenvalue weighted by Crippen LogP contribution is 2.24. The van der Waals surface area contributed by atoms with Crippen LogP contribution in [0.3, 0.4) is 0 Å². The Hall–Kier alpha value is -1.75. The lowest BCUT2D eigenvalue weighted by Gasteiger charge is -2.35. The average molecular weight is 389 g/mol. The fourth-order valence-corrected chi connectivity index (χ4v) is 4.39. The number of hydrogen-bond donors (Lipinski definition) is 3. The van der Waals surface area contributed by atoms with Crippen LogP contribution in [0.15, 0.2) is 24.3 Å². The van der Waals surface area contributed by atoms with Crippen molar-refractivity contribution >= 4 is 16.1 Å². The van der Waals surface area contributed by atoms with Crippen molar-refractivity contribution in [2.75, 3.05) is 6.54 Å². The first-order valence-corrected chi connectivity index (χ1v) is 9.84. The van der Waals surface area contributed by atoms with Crippen molar-refractivity contribution in [2.24, 2.45) is 5.92 Å². The molecule has 2 rings (SSSR count). The summed E-state index contributed by atoms with van der Waals surface area (Å²) in [6.45, 7) is 3.54. The van der Waals surface area contributed by atoms with Crippen LogP contribution in [0.5, 0.6) is 5.75 Å². The van der Waals surface area contributed by atoms with Crippen LogP contribution in [-0.4, -0.2) is 42.7 Å². The summed E-state index contributed by atoms with van der Waals surface area (Å²) in [7, 11) is -4.05. The van der Waals surface area contributed by atoms with E-state index in [2.05, 4.69) is 4.72 Å². The minimum atomic E-state index is -4.05. The molecule has 0 spiro atoms. The van der Waals surface area contributed by atoms with Gasteiger partial charge in [-0.3, -0.25) is 10.0 Å². The number of carbonyl (C=O) groups excluding carboxylic acids is 1. The van der Waals surface area contributed by atoms with Crippen LogP contribution in [0.25, 0.3) is 0 Å².